The lowest BCUT2D eigenvalue weighted by Crippen LogP contribution is -2.19. The van der Waals surface area contributed by atoms with Crippen LogP contribution in [-0.2, 0) is 4.74 Å². The van der Waals surface area contributed by atoms with Crippen molar-refractivity contribution < 1.29 is 9.47 Å². The van der Waals surface area contributed by atoms with E-state index in [9.17, 15) is 0 Å². The lowest BCUT2D eigenvalue weighted by Gasteiger charge is -2.22. The fourth-order valence-corrected chi connectivity index (χ4v) is 3.12. The number of hydrogen-bond donors (Lipinski definition) is 1. The summed E-state index contributed by atoms with van der Waals surface area (Å²) in [6, 6.07) is 8.81. The Labute approximate surface area is 135 Å². The van der Waals surface area contributed by atoms with E-state index in [1.807, 2.05) is 19.2 Å². The highest BCUT2D eigenvalue weighted by Crippen LogP contribution is 2.24. The maximum atomic E-state index is 5.80. The Bertz CT molecular complexity index is 410. The van der Waals surface area contributed by atoms with Gasteiger partial charge in [-0.25, -0.2) is 0 Å². The molecule has 1 atom stereocenters. The van der Waals surface area contributed by atoms with Crippen molar-refractivity contribution in [2.24, 2.45) is 5.92 Å². The van der Waals surface area contributed by atoms with Crippen molar-refractivity contribution in [2.45, 2.75) is 64.5 Å². The summed E-state index contributed by atoms with van der Waals surface area (Å²) in [5.74, 6) is 1.57. The molecule has 1 aliphatic carbocycles. The SMILES string of the molecule is CNC(CC(C)C)c1ccc(OCOC2CCCCC2)cc1. The zero-order valence-electron chi connectivity index (χ0n) is 14.3. The van der Waals surface area contributed by atoms with Crippen LogP contribution in [0.5, 0.6) is 5.75 Å². The molecule has 1 unspecified atom stereocenters. The molecule has 1 fully saturated rings. The van der Waals surface area contributed by atoms with Crippen LogP contribution in [0.4, 0.5) is 0 Å². The predicted octanol–water partition coefficient (Wildman–Crippen LogP) is 4.68. The van der Waals surface area contributed by atoms with Gasteiger partial charge in [-0.05, 0) is 49.9 Å². The molecule has 124 valence electrons. The summed E-state index contributed by atoms with van der Waals surface area (Å²) in [5.41, 5.74) is 1.32. The van der Waals surface area contributed by atoms with Crippen LogP contribution in [0.2, 0.25) is 0 Å². The minimum Gasteiger partial charge on any atom is -0.468 e. The average molecular weight is 305 g/mol. The van der Waals surface area contributed by atoms with Gasteiger partial charge in [0.1, 0.15) is 5.75 Å². The maximum Gasteiger partial charge on any atom is 0.189 e. The minimum absolute atomic E-state index is 0.367. The highest BCUT2D eigenvalue weighted by Gasteiger charge is 2.14. The lowest BCUT2D eigenvalue weighted by molar-refractivity contribution is -0.0497. The van der Waals surface area contributed by atoms with Crippen LogP contribution < -0.4 is 10.1 Å². The first-order valence-corrected chi connectivity index (χ1v) is 8.70. The van der Waals surface area contributed by atoms with E-state index < -0.39 is 0 Å². The monoisotopic (exact) mass is 305 g/mol. The zero-order chi connectivity index (χ0) is 15.8. The largest absolute Gasteiger partial charge is 0.468 e. The van der Waals surface area contributed by atoms with Gasteiger partial charge in [0.15, 0.2) is 6.79 Å². The van der Waals surface area contributed by atoms with Crippen molar-refractivity contribution in [3.8, 4) is 5.75 Å². The molecule has 0 radical (unpaired) electrons. The van der Waals surface area contributed by atoms with Crippen molar-refractivity contribution in [3.05, 3.63) is 29.8 Å². The molecule has 1 aromatic rings. The van der Waals surface area contributed by atoms with E-state index in [2.05, 4.69) is 31.3 Å². The summed E-state index contributed by atoms with van der Waals surface area (Å²) in [5, 5.41) is 3.39. The molecule has 0 saturated heterocycles. The van der Waals surface area contributed by atoms with Crippen LogP contribution in [0.1, 0.15) is 64.0 Å². The topological polar surface area (TPSA) is 30.5 Å². The molecule has 2 rings (SSSR count). The molecule has 22 heavy (non-hydrogen) atoms. The summed E-state index contributed by atoms with van der Waals surface area (Å²) in [4.78, 5) is 0. The van der Waals surface area contributed by atoms with Gasteiger partial charge in [0.05, 0.1) is 6.10 Å². The van der Waals surface area contributed by atoms with Crippen molar-refractivity contribution >= 4 is 0 Å². The lowest BCUT2D eigenvalue weighted by atomic mass is 9.97. The molecule has 1 aromatic carbocycles. The van der Waals surface area contributed by atoms with Crippen molar-refractivity contribution in [3.63, 3.8) is 0 Å². The first kappa shape index (κ1) is 17.3. The Balaban J connectivity index is 1.78. The van der Waals surface area contributed by atoms with Crippen LogP contribution in [0.3, 0.4) is 0 Å². The number of nitrogens with one attached hydrogen (secondary N) is 1. The normalized spacial score (nSPS) is 17.6. The first-order valence-electron chi connectivity index (χ1n) is 8.70. The summed E-state index contributed by atoms with van der Waals surface area (Å²) >= 11 is 0. The fraction of sp³-hybridized carbons (Fsp3) is 0.684. The molecule has 1 aliphatic rings. The molecule has 3 heteroatoms. The molecule has 0 amide bonds. The highest BCUT2D eigenvalue weighted by molar-refractivity contribution is 5.29. The Morgan fingerprint density at radius 3 is 2.36 bits per heavy atom. The van der Waals surface area contributed by atoms with Gasteiger partial charge in [0.2, 0.25) is 0 Å². The van der Waals surface area contributed by atoms with E-state index in [4.69, 9.17) is 9.47 Å². The molecule has 0 aromatic heterocycles. The first-order chi connectivity index (χ1) is 10.7. The van der Waals surface area contributed by atoms with Crippen LogP contribution >= 0.6 is 0 Å². The second-order valence-electron chi connectivity index (χ2n) is 6.73. The highest BCUT2D eigenvalue weighted by atomic mass is 16.7. The van der Waals surface area contributed by atoms with E-state index in [-0.39, 0.29) is 0 Å². The number of hydrogen-bond acceptors (Lipinski definition) is 3. The van der Waals surface area contributed by atoms with Crippen LogP contribution in [-0.4, -0.2) is 19.9 Å². The second-order valence-corrected chi connectivity index (χ2v) is 6.73. The van der Waals surface area contributed by atoms with Gasteiger partial charge < -0.3 is 14.8 Å². The molecule has 1 saturated carbocycles. The number of ether oxygens (including phenoxy) is 2. The quantitative estimate of drug-likeness (QED) is 0.707. The molecule has 0 aliphatic heterocycles. The minimum atomic E-state index is 0.367. The van der Waals surface area contributed by atoms with E-state index in [0.29, 0.717) is 24.9 Å². The van der Waals surface area contributed by atoms with Crippen LogP contribution in [0.15, 0.2) is 24.3 Å². The molecule has 0 heterocycles. The van der Waals surface area contributed by atoms with Crippen molar-refractivity contribution in [2.75, 3.05) is 13.8 Å². The summed E-state index contributed by atoms with van der Waals surface area (Å²) in [7, 11) is 2.02. The van der Waals surface area contributed by atoms with Gasteiger partial charge in [-0.1, -0.05) is 45.2 Å². The molecule has 0 bridgehead atoms. The van der Waals surface area contributed by atoms with Crippen LogP contribution in [0.25, 0.3) is 0 Å². The number of rotatable bonds is 8. The van der Waals surface area contributed by atoms with E-state index >= 15 is 0 Å². The van der Waals surface area contributed by atoms with E-state index in [1.54, 1.807) is 0 Å². The molecule has 1 N–H and O–H groups in total. The third-order valence-electron chi connectivity index (χ3n) is 4.42. The van der Waals surface area contributed by atoms with Gasteiger partial charge in [-0.3, -0.25) is 0 Å². The van der Waals surface area contributed by atoms with E-state index in [0.717, 1.165) is 12.2 Å². The molecule has 3 nitrogen and oxygen atoms in total. The predicted molar refractivity (Wildman–Crippen MR) is 91.2 cm³/mol. The summed E-state index contributed by atoms with van der Waals surface area (Å²) < 4.78 is 11.5. The van der Waals surface area contributed by atoms with Gasteiger partial charge in [-0.2, -0.15) is 0 Å². The van der Waals surface area contributed by atoms with Gasteiger partial charge >= 0.3 is 0 Å². The Hall–Kier alpha value is -1.06. The van der Waals surface area contributed by atoms with Gasteiger partial charge in [-0.15, -0.1) is 0 Å². The number of benzene rings is 1. The maximum absolute atomic E-state index is 5.80. The third-order valence-corrected chi connectivity index (χ3v) is 4.42. The van der Waals surface area contributed by atoms with Crippen LogP contribution in [0, 0.1) is 5.92 Å². The fourth-order valence-electron chi connectivity index (χ4n) is 3.12. The van der Waals surface area contributed by atoms with Gasteiger partial charge in [0, 0.05) is 6.04 Å². The second kappa shape index (κ2) is 9.16. The molecule has 0 spiro atoms. The smallest absolute Gasteiger partial charge is 0.189 e. The van der Waals surface area contributed by atoms with Crippen molar-refractivity contribution in [1.82, 2.24) is 5.32 Å². The average Bonchev–Trinajstić information content (AvgIpc) is 2.54. The molecular formula is C19H31NO2. The Morgan fingerprint density at radius 2 is 1.77 bits per heavy atom. The Kier molecular flexibility index (Phi) is 7.20. The Morgan fingerprint density at radius 1 is 1.09 bits per heavy atom. The third kappa shape index (κ3) is 5.62. The van der Waals surface area contributed by atoms with Gasteiger partial charge in [0.25, 0.3) is 0 Å². The van der Waals surface area contributed by atoms with E-state index in [1.165, 1.54) is 37.7 Å². The summed E-state index contributed by atoms with van der Waals surface area (Å²) in [6.45, 7) is 4.88. The zero-order valence-corrected chi connectivity index (χ0v) is 14.3. The summed E-state index contributed by atoms with van der Waals surface area (Å²) in [6.07, 6.45) is 7.84. The van der Waals surface area contributed by atoms with Crippen molar-refractivity contribution in [1.29, 1.82) is 0 Å². The molecular weight excluding hydrogens is 274 g/mol. The standard InChI is InChI=1S/C19H31NO2/c1-15(2)13-19(20-3)16-9-11-18(12-10-16)22-14-21-17-7-5-4-6-8-17/h9-12,15,17,19-20H,4-8,13-14H2,1-3H3.